The summed E-state index contributed by atoms with van der Waals surface area (Å²) in [5.41, 5.74) is 6.69. The minimum absolute atomic E-state index is 0.0585. The summed E-state index contributed by atoms with van der Waals surface area (Å²) < 4.78 is 0. The SMILES string of the molecule is CNC1CCC2(CC1)CC(CC(=O)c1ccccc1C(N)=O)C2. The number of rotatable bonds is 5. The average Bonchev–Trinajstić information content (AvgIpc) is 2.54. The second-order valence-corrected chi connectivity index (χ2v) is 7.37. The number of hydrogen-bond donors (Lipinski definition) is 2. The molecule has 2 fully saturated rings. The van der Waals surface area contributed by atoms with Gasteiger partial charge in [0.25, 0.3) is 0 Å². The monoisotopic (exact) mass is 314 g/mol. The van der Waals surface area contributed by atoms with E-state index in [1.807, 2.05) is 7.05 Å². The maximum Gasteiger partial charge on any atom is 0.249 e. The van der Waals surface area contributed by atoms with Crippen molar-refractivity contribution in [2.45, 2.75) is 51.0 Å². The van der Waals surface area contributed by atoms with Crippen LogP contribution < -0.4 is 11.1 Å². The predicted molar refractivity (Wildman–Crippen MR) is 90.4 cm³/mol. The molecular weight excluding hydrogens is 288 g/mol. The molecule has 1 spiro atoms. The number of Topliss-reactive ketones (excluding diaryl/α,β-unsaturated/α-hetero) is 1. The van der Waals surface area contributed by atoms with Crippen LogP contribution in [-0.2, 0) is 0 Å². The van der Waals surface area contributed by atoms with Gasteiger partial charge in [0.2, 0.25) is 5.91 Å². The predicted octanol–water partition coefficient (Wildman–Crippen LogP) is 2.92. The van der Waals surface area contributed by atoms with E-state index >= 15 is 0 Å². The van der Waals surface area contributed by atoms with Gasteiger partial charge in [0.1, 0.15) is 0 Å². The molecule has 0 saturated heterocycles. The van der Waals surface area contributed by atoms with Crippen molar-refractivity contribution >= 4 is 11.7 Å². The largest absolute Gasteiger partial charge is 0.366 e. The van der Waals surface area contributed by atoms with Gasteiger partial charge in [-0.3, -0.25) is 9.59 Å². The van der Waals surface area contributed by atoms with Crippen LogP contribution in [0.4, 0.5) is 0 Å². The quantitative estimate of drug-likeness (QED) is 0.821. The smallest absolute Gasteiger partial charge is 0.249 e. The second kappa shape index (κ2) is 6.44. The van der Waals surface area contributed by atoms with Crippen molar-refractivity contribution < 1.29 is 9.59 Å². The van der Waals surface area contributed by atoms with Gasteiger partial charge in [-0.05, 0) is 63.0 Å². The standard InChI is InChI=1S/C19H26N2O2/c1-21-14-6-8-19(9-7-14)11-13(12-19)10-17(22)15-4-2-3-5-16(15)18(20)23/h2-5,13-14,21H,6-12H2,1H3,(H2,20,23). The molecule has 2 aliphatic rings. The highest BCUT2D eigenvalue weighted by Gasteiger charge is 2.46. The highest BCUT2D eigenvalue weighted by atomic mass is 16.1. The van der Waals surface area contributed by atoms with Crippen molar-refractivity contribution in [2.75, 3.05) is 7.05 Å². The van der Waals surface area contributed by atoms with Crippen LogP contribution in [0.25, 0.3) is 0 Å². The van der Waals surface area contributed by atoms with Gasteiger partial charge in [-0.25, -0.2) is 0 Å². The van der Waals surface area contributed by atoms with Crippen LogP contribution >= 0.6 is 0 Å². The first-order chi connectivity index (χ1) is 11.0. The van der Waals surface area contributed by atoms with E-state index in [0.717, 1.165) is 12.8 Å². The molecule has 0 bridgehead atoms. The minimum Gasteiger partial charge on any atom is -0.366 e. The zero-order chi connectivity index (χ0) is 16.4. The Morgan fingerprint density at radius 3 is 2.35 bits per heavy atom. The molecule has 3 N–H and O–H groups in total. The summed E-state index contributed by atoms with van der Waals surface area (Å²) in [6.07, 6.45) is 7.93. The number of primary amides is 1. The third-order valence-corrected chi connectivity index (χ3v) is 5.86. The van der Waals surface area contributed by atoms with Crippen LogP contribution in [-0.4, -0.2) is 24.8 Å². The van der Waals surface area contributed by atoms with Gasteiger partial charge in [-0.1, -0.05) is 18.2 Å². The number of amides is 1. The van der Waals surface area contributed by atoms with Gasteiger partial charge in [0.05, 0.1) is 0 Å². The summed E-state index contributed by atoms with van der Waals surface area (Å²) in [6.45, 7) is 0. The topological polar surface area (TPSA) is 72.2 Å². The molecule has 0 aromatic heterocycles. The highest BCUT2D eigenvalue weighted by Crippen LogP contribution is 2.55. The van der Waals surface area contributed by atoms with E-state index in [-0.39, 0.29) is 5.78 Å². The van der Waals surface area contributed by atoms with E-state index in [1.54, 1.807) is 24.3 Å². The lowest BCUT2D eigenvalue weighted by atomic mass is 9.54. The number of benzene rings is 1. The van der Waals surface area contributed by atoms with Crippen molar-refractivity contribution in [1.29, 1.82) is 0 Å². The van der Waals surface area contributed by atoms with Gasteiger partial charge in [0, 0.05) is 23.6 Å². The minimum atomic E-state index is -0.524. The molecular formula is C19H26N2O2. The van der Waals surface area contributed by atoms with Crippen molar-refractivity contribution in [3.63, 3.8) is 0 Å². The molecule has 2 aliphatic carbocycles. The molecule has 23 heavy (non-hydrogen) atoms. The summed E-state index contributed by atoms with van der Waals surface area (Å²) in [4.78, 5) is 24.0. The lowest BCUT2D eigenvalue weighted by Gasteiger charge is -2.51. The Labute approximate surface area is 137 Å². The lowest BCUT2D eigenvalue weighted by molar-refractivity contribution is 0.00517. The first-order valence-corrected chi connectivity index (χ1v) is 8.62. The molecule has 2 saturated carbocycles. The summed E-state index contributed by atoms with van der Waals surface area (Å²) >= 11 is 0. The number of carbonyl (C=O) groups is 2. The molecule has 4 heteroatoms. The summed E-state index contributed by atoms with van der Waals surface area (Å²) in [5.74, 6) is 0.00199. The van der Waals surface area contributed by atoms with Crippen LogP contribution in [0, 0.1) is 11.3 Å². The van der Waals surface area contributed by atoms with Crippen molar-refractivity contribution in [3.8, 4) is 0 Å². The molecule has 124 valence electrons. The fourth-order valence-electron chi connectivity index (χ4n) is 4.55. The fourth-order valence-corrected chi connectivity index (χ4v) is 4.55. The lowest BCUT2D eigenvalue weighted by Crippen LogP contribution is -2.44. The first-order valence-electron chi connectivity index (χ1n) is 8.62. The zero-order valence-corrected chi connectivity index (χ0v) is 13.8. The van der Waals surface area contributed by atoms with Crippen LogP contribution in [0.5, 0.6) is 0 Å². The van der Waals surface area contributed by atoms with E-state index in [9.17, 15) is 9.59 Å². The van der Waals surface area contributed by atoms with E-state index in [0.29, 0.717) is 34.9 Å². The number of carbonyl (C=O) groups excluding carboxylic acids is 2. The summed E-state index contributed by atoms with van der Waals surface area (Å²) in [5, 5.41) is 3.37. The van der Waals surface area contributed by atoms with E-state index in [4.69, 9.17) is 5.73 Å². The molecule has 1 aromatic rings. The molecule has 3 rings (SSSR count). The molecule has 4 nitrogen and oxygen atoms in total. The van der Waals surface area contributed by atoms with Crippen molar-refractivity contribution in [3.05, 3.63) is 35.4 Å². The fraction of sp³-hybridized carbons (Fsp3) is 0.579. The van der Waals surface area contributed by atoms with Gasteiger partial charge in [-0.2, -0.15) is 0 Å². The van der Waals surface area contributed by atoms with Gasteiger partial charge >= 0.3 is 0 Å². The zero-order valence-electron chi connectivity index (χ0n) is 13.8. The highest BCUT2D eigenvalue weighted by molar-refractivity contribution is 6.07. The molecule has 0 unspecified atom stereocenters. The van der Waals surface area contributed by atoms with Crippen LogP contribution in [0.2, 0.25) is 0 Å². The molecule has 1 aromatic carbocycles. The van der Waals surface area contributed by atoms with Crippen LogP contribution in [0.1, 0.15) is 65.7 Å². The van der Waals surface area contributed by atoms with E-state index in [2.05, 4.69) is 5.32 Å². The van der Waals surface area contributed by atoms with E-state index < -0.39 is 5.91 Å². The summed E-state index contributed by atoms with van der Waals surface area (Å²) in [7, 11) is 2.04. The van der Waals surface area contributed by atoms with Gasteiger partial charge < -0.3 is 11.1 Å². The molecule has 0 atom stereocenters. The normalized spacial score (nSPS) is 30.0. The Morgan fingerprint density at radius 1 is 1.17 bits per heavy atom. The molecule has 1 amide bonds. The number of nitrogens with one attached hydrogen (secondary N) is 1. The number of nitrogens with two attached hydrogens (primary N) is 1. The molecule has 0 aliphatic heterocycles. The third kappa shape index (κ3) is 3.32. The maximum atomic E-state index is 12.5. The van der Waals surface area contributed by atoms with Crippen LogP contribution in [0.15, 0.2) is 24.3 Å². The average molecular weight is 314 g/mol. The Hall–Kier alpha value is -1.68. The Kier molecular flexibility index (Phi) is 4.53. The molecule has 0 heterocycles. The third-order valence-electron chi connectivity index (χ3n) is 5.86. The van der Waals surface area contributed by atoms with Crippen molar-refractivity contribution in [1.82, 2.24) is 5.32 Å². The number of hydrogen-bond acceptors (Lipinski definition) is 3. The van der Waals surface area contributed by atoms with Crippen molar-refractivity contribution in [2.24, 2.45) is 17.1 Å². The Morgan fingerprint density at radius 2 is 1.78 bits per heavy atom. The van der Waals surface area contributed by atoms with E-state index in [1.165, 1.54) is 25.7 Å². The second-order valence-electron chi connectivity index (χ2n) is 7.37. The van der Waals surface area contributed by atoms with Gasteiger partial charge in [-0.15, -0.1) is 0 Å². The van der Waals surface area contributed by atoms with Crippen LogP contribution in [0.3, 0.4) is 0 Å². The maximum absolute atomic E-state index is 12.5. The summed E-state index contributed by atoms with van der Waals surface area (Å²) in [6, 6.07) is 7.56. The Balaban J connectivity index is 1.56. The first kappa shape index (κ1) is 16.2. The Bertz CT molecular complexity index is 595. The molecule has 0 radical (unpaired) electrons. The van der Waals surface area contributed by atoms with Gasteiger partial charge in [0.15, 0.2) is 5.78 Å². The number of ketones is 1.